The quantitative estimate of drug-likeness (QED) is 0.767. The van der Waals surface area contributed by atoms with E-state index in [1.165, 1.54) is 11.1 Å². The first kappa shape index (κ1) is 22.1. The molecule has 2 aromatic rings. The Bertz CT molecular complexity index is 965. The zero-order valence-electron chi connectivity index (χ0n) is 19.0. The van der Waals surface area contributed by atoms with Crippen molar-refractivity contribution in [2.24, 2.45) is 0 Å². The van der Waals surface area contributed by atoms with E-state index in [1.54, 1.807) is 4.90 Å². The fourth-order valence-electron chi connectivity index (χ4n) is 4.00. The molecule has 0 saturated carbocycles. The summed E-state index contributed by atoms with van der Waals surface area (Å²) in [6, 6.07) is 16.0. The van der Waals surface area contributed by atoms with Crippen molar-refractivity contribution in [1.82, 2.24) is 9.80 Å². The second kappa shape index (κ2) is 9.20. The van der Waals surface area contributed by atoms with E-state index in [0.29, 0.717) is 19.1 Å². The molecule has 1 saturated heterocycles. The summed E-state index contributed by atoms with van der Waals surface area (Å²) in [6.07, 6.45) is 0.219. The van der Waals surface area contributed by atoms with E-state index in [2.05, 4.69) is 16.3 Å². The average Bonchev–Trinajstić information content (AvgIpc) is 2.70. The molecule has 0 atom stereocenters. The molecule has 2 aromatic carbocycles. The van der Waals surface area contributed by atoms with Gasteiger partial charge in [0, 0.05) is 37.9 Å². The van der Waals surface area contributed by atoms with E-state index in [-0.39, 0.29) is 12.7 Å². The van der Waals surface area contributed by atoms with Crippen molar-refractivity contribution in [1.29, 1.82) is 0 Å². The normalized spacial score (nSPS) is 16.7. The molecular formula is C25H31N3O4. The van der Waals surface area contributed by atoms with E-state index in [4.69, 9.17) is 9.47 Å². The zero-order chi connectivity index (χ0) is 22.7. The summed E-state index contributed by atoms with van der Waals surface area (Å²) in [5.74, 6) is 0. The van der Waals surface area contributed by atoms with Crippen LogP contribution < -0.4 is 5.32 Å². The third-order valence-corrected chi connectivity index (χ3v) is 5.74. The van der Waals surface area contributed by atoms with Crippen LogP contribution in [0.5, 0.6) is 0 Å². The molecule has 2 amide bonds. The molecule has 32 heavy (non-hydrogen) atoms. The van der Waals surface area contributed by atoms with Crippen molar-refractivity contribution >= 4 is 17.9 Å². The van der Waals surface area contributed by atoms with Gasteiger partial charge in [0.05, 0.1) is 0 Å². The lowest BCUT2D eigenvalue weighted by Gasteiger charge is -2.46. The summed E-state index contributed by atoms with van der Waals surface area (Å²) in [6.45, 7) is 9.09. The van der Waals surface area contributed by atoms with E-state index in [0.717, 1.165) is 30.8 Å². The lowest BCUT2D eigenvalue weighted by molar-refractivity contribution is -0.0180. The highest BCUT2D eigenvalue weighted by atomic mass is 16.6. The highest BCUT2D eigenvalue weighted by Gasteiger charge is 2.38. The van der Waals surface area contributed by atoms with Crippen molar-refractivity contribution in [3.05, 3.63) is 65.2 Å². The van der Waals surface area contributed by atoms with Crippen LogP contribution in [0.25, 0.3) is 0 Å². The Hall–Kier alpha value is -3.06. The topological polar surface area (TPSA) is 71.1 Å². The van der Waals surface area contributed by atoms with E-state index in [9.17, 15) is 9.59 Å². The summed E-state index contributed by atoms with van der Waals surface area (Å²) in [7, 11) is 0. The van der Waals surface area contributed by atoms with Gasteiger partial charge >= 0.3 is 12.2 Å². The largest absolute Gasteiger partial charge is 0.444 e. The maximum absolute atomic E-state index is 12.2. The molecule has 0 radical (unpaired) electrons. The minimum absolute atomic E-state index is 0.235. The molecule has 170 valence electrons. The van der Waals surface area contributed by atoms with E-state index < -0.39 is 11.7 Å². The number of amides is 2. The standard InChI is InChI=1S/C25H31N3O4/c1-25(2,3)32-24(30)28-15-22(16-28)27-12-11-19-13-21(10-9-20(19)14-27)26-23(29)31-17-18-7-5-4-6-8-18/h4-10,13,22H,11-12,14-17H2,1-3H3,(H,26,29). The molecule has 2 aliphatic rings. The average molecular weight is 438 g/mol. The molecule has 7 heteroatoms. The number of benzene rings is 2. The number of hydrogen-bond donors (Lipinski definition) is 1. The molecule has 0 aromatic heterocycles. The number of hydrogen-bond acceptors (Lipinski definition) is 5. The minimum Gasteiger partial charge on any atom is -0.444 e. The Morgan fingerprint density at radius 1 is 1.06 bits per heavy atom. The summed E-state index contributed by atoms with van der Waals surface area (Å²) in [4.78, 5) is 28.5. The molecule has 0 spiro atoms. The first-order valence-corrected chi connectivity index (χ1v) is 11.1. The van der Waals surface area contributed by atoms with Gasteiger partial charge < -0.3 is 14.4 Å². The Morgan fingerprint density at radius 3 is 2.53 bits per heavy atom. The Labute approximate surface area is 189 Å². The van der Waals surface area contributed by atoms with Gasteiger partial charge in [-0.1, -0.05) is 36.4 Å². The number of nitrogens with zero attached hydrogens (tertiary/aromatic N) is 2. The summed E-state index contributed by atoms with van der Waals surface area (Å²) in [5.41, 5.74) is 3.73. The number of likely N-dealkylation sites (tertiary alicyclic amines) is 1. The molecule has 0 bridgehead atoms. The van der Waals surface area contributed by atoms with Crippen LogP contribution in [0, 0.1) is 0 Å². The minimum atomic E-state index is -0.466. The Balaban J connectivity index is 1.26. The summed E-state index contributed by atoms with van der Waals surface area (Å²) >= 11 is 0. The van der Waals surface area contributed by atoms with Crippen LogP contribution in [0.1, 0.15) is 37.5 Å². The molecule has 0 aliphatic carbocycles. The third-order valence-electron chi connectivity index (χ3n) is 5.74. The molecular weight excluding hydrogens is 406 g/mol. The maximum Gasteiger partial charge on any atom is 0.411 e. The van der Waals surface area contributed by atoms with Gasteiger partial charge in [-0.3, -0.25) is 10.2 Å². The Morgan fingerprint density at radius 2 is 1.81 bits per heavy atom. The number of carbonyl (C=O) groups is 2. The van der Waals surface area contributed by atoms with Gasteiger partial charge in [0.2, 0.25) is 0 Å². The maximum atomic E-state index is 12.2. The van der Waals surface area contributed by atoms with Crippen molar-refractivity contribution in [2.75, 3.05) is 25.0 Å². The number of carbonyl (C=O) groups excluding carboxylic acids is 2. The fraction of sp³-hybridized carbons (Fsp3) is 0.440. The van der Waals surface area contributed by atoms with Crippen LogP contribution in [-0.2, 0) is 29.0 Å². The van der Waals surface area contributed by atoms with Crippen LogP contribution in [0.2, 0.25) is 0 Å². The van der Waals surface area contributed by atoms with Crippen molar-refractivity contribution in [3.63, 3.8) is 0 Å². The van der Waals surface area contributed by atoms with Gasteiger partial charge in [0.15, 0.2) is 0 Å². The zero-order valence-corrected chi connectivity index (χ0v) is 19.0. The van der Waals surface area contributed by atoms with E-state index >= 15 is 0 Å². The predicted molar refractivity (Wildman–Crippen MR) is 122 cm³/mol. The van der Waals surface area contributed by atoms with Crippen LogP contribution >= 0.6 is 0 Å². The second-order valence-corrected chi connectivity index (χ2v) is 9.43. The smallest absolute Gasteiger partial charge is 0.411 e. The third kappa shape index (κ3) is 5.59. The molecule has 7 nitrogen and oxygen atoms in total. The molecule has 1 fully saturated rings. The molecule has 0 unspecified atom stereocenters. The highest BCUT2D eigenvalue weighted by Crippen LogP contribution is 2.27. The van der Waals surface area contributed by atoms with Gasteiger partial charge in [-0.05, 0) is 56.0 Å². The van der Waals surface area contributed by atoms with Gasteiger partial charge in [-0.2, -0.15) is 0 Å². The molecule has 2 heterocycles. The summed E-state index contributed by atoms with van der Waals surface area (Å²) in [5, 5.41) is 2.82. The van der Waals surface area contributed by atoms with E-state index in [1.807, 2.05) is 63.2 Å². The number of fused-ring (bicyclic) bond motifs is 1. The van der Waals surface area contributed by atoms with Crippen LogP contribution in [0.4, 0.5) is 15.3 Å². The fourth-order valence-corrected chi connectivity index (χ4v) is 4.00. The number of ether oxygens (including phenoxy) is 2. The lowest BCUT2D eigenvalue weighted by atomic mass is 9.96. The number of anilines is 1. The first-order chi connectivity index (χ1) is 15.3. The highest BCUT2D eigenvalue weighted by molar-refractivity contribution is 5.84. The monoisotopic (exact) mass is 437 g/mol. The predicted octanol–water partition coefficient (Wildman–Crippen LogP) is 4.41. The Kier molecular flexibility index (Phi) is 6.37. The van der Waals surface area contributed by atoms with Gasteiger partial charge in [-0.25, -0.2) is 9.59 Å². The van der Waals surface area contributed by atoms with Crippen molar-refractivity contribution in [2.45, 2.75) is 52.0 Å². The van der Waals surface area contributed by atoms with Crippen LogP contribution in [0.15, 0.2) is 48.5 Å². The molecule has 1 N–H and O–H groups in total. The number of rotatable bonds is 4. The van der Waals surface area contributed by atoms with Gasteiger partial charge in [0.1, 0.15) is 12.2 Å². The second-order valence-electron chi connectivity index (χ2n) is 9.43. The van der Waals surface area contributed by atoms with Crippen molar-refractivity contribution in [3.8, 4) is 0 Å². The molecule has 2 aliphatic heterocycles. The number of nitrogens with one attached hydrogen (secondary N) is 1. The van der Waals surface area contributed by atoms with Gasteiger partial charge in [0.25, 0.3) is 0 Å². The first-order valence-electron chi connectivity index (χ1n) is 11.1. The van der Waals surface area contributed by atoms with Crippen LogP contribution in [0.3, 0.4) is 0 Å². The van der Waals surface area contributed by atoms with Crippen molar-refractivity contribution < 1.29 is 19.1 Å². The lowest BCUT2D eigenvalue weighted by Crippen LogP contribution is -2.62. The SMILES string of the molecule is CC(C)(C)OC(=O)N1CC(N2CCc3cc(NC(=O)OCc4ccccc4)ccc3C2)C1. The summed E-state index contributed by atoms with van der Waals surface area (Å²) < 4.78 is 10.8. The van der Waals surface area contributed by atoms with Gasteiger partial charge in [-0.15, -0.1) is 0 Å². The van der Waals surface area contributed by atoms with Crippen LogP contribution in [-0.4, -0.2) is 53.3 Å². The molecule has 4 rings (SSSR count).